The van der Waals surface area contributed by atoms with Crippen LogP contribution in [0.25, 0.3) is 0 Å². The van der Waals surface area contributed by atoms with Crippen LogP contribution < -0.4 is 16.4 Å². The van der Waals surface area contributed by atoms with Crippen molar-refractivity contribution >= 4 is 43.0 Å². The summed E-state index contributed by atoms with van der Waals surface area (Å²) in [7, 11) is -5.00. The number of phosphoric acid groups is 1. The number of aromatic nitrogens is 2. The van der Waals surface area contributed by atoms with E-state index in [1.807, 2.05) is 24.5 Å². The Bertz CT molecular complexity index is 1750. The molecule has 1 aromatic heterocycles. The number of nitrogens with one attached hydrogen (secondary N) is 2. The Morgan fingerprint density at radius 1 is 0.932 bits per heavy atom. The molecule has 0 spiro atoms. The number of carbonyl (C=O) groups is 6. The Kier molecular flexibility index (Phi) is 20.1. The number of amides is 4. The lowest BCUT2D eigenvalue weighted by Crippen LogP contribution is -2.51. The van der Waals surface area contributed by atoms with Crippen molar-refractivity contribution in [1.82, 2.24) is 25.1 Å². The molecule has 59 heavy (non-hydrogen) atoms. The third-order valence-corrected chi connectivity index (χ3v) is 11.5. The van der Waals surface area contributed by atoms with Crippen LogP contribution in [0.2, 0.25) is 0 Å². The summed E-state index contributed by atoms with van der Waals surface area (Å²) in [6.07, 6.45) is 10.1. The molecule has 0 aliphatic carbocycles. The molecule has 1 fully saturated rings. The first-order valence-electron chi connectivity index (χ1n) is 20.9. The first kappa shape index (κ1) is 49.1. The Hall–Kier alpha value is -4.24. The zero-order valence-electron chi connectivity index (χ0n) is 35.2. The zero-order valence-corrected chi connectivity index (χ0v) is 36.1. The minimum absolute atomic E-state index is 0.00194. The number of carbonyl (C=O) groups excluding carboxylic acids is 6. The molecule has 1 aliphatic heterocycles. The van der Waals surface area contributed by atoms with Crippen LogP contribution >= 0.6 is 7.82 Å². The van der Waals surface area contributed by atoms with Crippen LogP contribution in [0.5, 0.6) is 0 Å². The van der Waals surface area contributed by atoms with E-state index < -0.39 is 73.8 Å². The number of likely N-dealkylation sites (tertiary alicyclic amines) is 1. The van der Waals surface area contributed by atoms with Crippen LogP contribution in [0.4, 0.5) is 0 Å². The third kappa shape index (κ3) is 17.1. The highest BCUT2D eigenvalue weighted by molar-refractivity contribution is 7.46. The molecule has 0 unspecified atom stereocenters. The van der Waals surface area contributed by atoms with Gasteiger partial charge in [-0.2, -0.15) is 0 Å². The highest BCUT2D eigenvalue weighted by atomic mass is 31.2. The first-order valence-corrected chi connectivity index (χ1v) is 22.4. The fourth-order valence-corrected chi connectivity index (χ4v) is 8.18. The number of ketones is 2. The van der Waals surface area contributed by atoms with Crippen molar-refractivity contribution in [3.63, 3.8) is 0 Å². The van der Waals surface area contributed by atoms with Gasteiger partial charge in [-0.25, -0.2) is 9.55 Å². The number of hydrogen-bond acceptors (Lipinski definition) is 9. The topological polar surface area (TPSA) is 240 Å². The molecule has 16 nitrogen and oxygen atoms in total. The quantitative estimate of drug-likeness (QED) is 0.0631. The molecule has 17 heteroatoms. The second kappa shape index (κ2) is 24.1. The van der Waals surface area contributed by atoms with E-state index in [1.165, 1.54) is 31.2 Å². The van der Waals surface area contributed by atoms with E-state index in [9.17, 15) is 43.1 Å². The van der Waals surface area contributed by atoms with Crippen LogP contribution in [-0.4, -0.2) is 90.2 Å². The van der Waals surface area contributed by atoms with Crippen LogP contribution in [0.3, 0.4) is 0 Å². The number of hydrogen-bond donors (Lipinski definition) is 5. The van der Waals surface area contributed by atoms with Crippen LogP contribution in [-0.2, 0) is 57.2 Å². The molecule has 328 valence electrons. The van der Waals surface area contributed by atoms with Crippen molar-refractivity contribution in [2.24, 2.45) is 23.5 Å². The summed E-state index contributed by atoms with van der Waals surface area (Å²) in [5.41, 5.74) is 7.50. The molecule has 4 amide bonds. The van der Waals surface area contributed by atoms with Crippen molar-refractivity contribution in [2.75, 3.05) is 6.54 Å². The van der Waals surface area contributed by atoms with E-state index in [0.29, 0.717) is 38.0 Å². The van der Waals surface area contributed by atoms with E-state index in [0.717, 1.165) is 44.9 Å². The van der Waals surface area contributed by atoms with Crippen LogP contribution in [0, 0.1) is 17.8 Å². The molecule has 1 aliphatic rings. The maximum atomic E-state index is 14.1. The van der Waals surface area contributed by atoms with Crippen molar-refractivity contribution in [1.29, 1.82) is 0 Å². The van der Waals surface area contributed by atoms with Gasteiger partial charge in [0.15, 0.2) is 11.6 Å². The second-order valence-electron chi connectivity index (χ2n) is 16.3. The van der Waals surface area contributed by atoms with E-state index in [-0.39, 0.29) is 30.4 Å². The number of aryl methyl sites for hydroxylation is 2. The van der Waals surface area contributed by atoms with Gasteiger partial charge in [-0.3, -0.25) is 33.3 Å². The number of phosphoric ester groups is 1. The first-order chi connectivity index (χ1) is 27.9. The molecule has 0 bridgehead atoms. The smallest absolute Gasteiger partial charge is 0.369 e. The Labute approximate surface area is 348 Å². The zero-order chi connectivity index (χ0) is 43.7. The summed E-state index contributed by atoms with van der Waals surface area (Å²) in [6.45, 7) is 8.95. The third-order valence-electron chi connectivity index (χ3n) is 10.9. The average Bonchev–Trinajstić information content (AvgIpc) is 3.84. The highest BCUT2D eigenvalue weighted by Gasteiger charge is 2.37. The molecule has 6 atom stereocenters. The molecular weight excluding hydrogens is 779 g/mol. The number of unbranched alkanes of at least 4 members (excludes halogenated alkanes) is 5. The number of imidazole rings is 1. The van der Waals surface area contributed by atoms with Gasteiger partial charge in [-0.15, -0.1) is 0 Å². The number of Topliss-reactive ketones (excluding diaryl/α,β-unsaturated/α-hetero) is 2. The standard InChI is InChI=1S/C42H65N6O10P/c1-28(2)22-36(46-42(54)37-19-15-21-48(37)31(5)49)39(51)24-33(41(53)45-29(3)38(50)25-35(40(43)52)30(4)58-59(55,56)57)23-34-26-44-27-47(34)20-14-9-7-6-8-11-16-32-17-12-10-13-18-32/h10,12-13,17-18,26-30,33,35-37H,6-9,11,14-16,19-25H2,1-5H3,(H2,43,52)(H,45,53)(H,46,54)(H2,55,56,57)/t29-,30+,33+,35-,36-,37-/m0/s1. The van der Waals surface area contributed by atoms with E-state index in [2.05, 4.69) is 44.4 Å². The van der Waals surface area contributed by atoms with Gasteiger partial charge in [0.1, 0.15) is 6.04 Å². The van der Waals surface area contributed by atoms with Crippen LogP contribution in [0.15, 0.2) is 42.9 Å². The summed E-state index contributed by atoms with van der Waals surface area (Å²) in [5.74, 6) is -5.69. The number of nitrogens with two attached hydrogens (primary N) is 1. The molecular formula is C42H65N6O10P. The molecule has 0 radical (unpaired) electrons. The van der Waals surface area contributed by atoms with Crippen molar-refractivity contribution in [2.45, 2.75) is 149 Å². The van der Waals surface area contributed by atoms with Crippen molar-refractivity contribution in [3.8, 4) is 0 Å². The summed E-state index contributed by atoms with van der Waals surface area (Å²) < 4.78 is 18.0. The average molecular weight is 845 g/mol. The van der Waals surface area contributed by atoms with Gasteiger partial charge in [-0.05, 0) is 63.9 Å². The maximum absolute atomic E-state index is 14.1. The summed E-state index contributed by atoms with van der Waals surface area (Å²) in [5, 5.41) is 5.54. The van der Waals surface area contributed by atoms with Crippen molar-refractivity contribution < 1.29 is 47.6 Å². The second-order valence-corrected chi connectivity index (χ2v) is 17.5. The largest absolute Gasteiger partial charge is 0.469 e. The minimum atomic E-state index is -5.00. The summed E-state index contributed by atoms with van der Waals surface area (Å²) in [4.78, 5) is 104. The number of benzene rings is 1. The van der Waals surface area contributed by atoms with Gasteiger partial charge in [0.25, 0.3) is 0 Å². The normalized spacial score (nSPS) is 16.9. The minimum Gasteiger partial charge on any atom is -0.369 e. The lowest BCUT2D eigenvalue weighted by Gasteiger charge is -2.27. The van der Waals surface area contributed by atoms with Gasteiger partial charge in [-0.1, -0.05) is 69.9 Å². The van der Waals surface area contributed by atoms with E-state index in [1.54, 1.807) is 12.5 Å². The molecule has 2 aromatic rings. The van der Waals surface area contributed by atoms with Crippen LogP contribution in [0.1, 0.15) is 117 Å². The number of rotatable bonds is 27. The molecule has 3 rings (SSSR count). The lowest BCUT2D eigenvalue weighted by molar-refractivity contribution is -0.138. The molecule has 0 saturated carbocycles. The molecule has 1 aromatic carbocycles. The fourth-order valence-electron chi connectivity index (χ4n) is 7.60. The summed E-state index contributed by atoms with van der Waals surface area (Å²) in [6, 6.07) is 7.63. The fraction of sp³-hybridized carbons (Fsp3) is 0.643. The van der Waals surface area contributed by atoms with Gasteiger partial charge in [0, 0.05) is 51.2 Å². The van der Waals surface area contributed by atoms with Crippen molar-refractivity contribution in [3.05, 3.63) is 54.1 Å². The van der Waals surface area contributed by atoms with Gasteiger partial charge in [0.05, 0.1) is 36.4 Å². The Morgan fingerprint density at radius 2 is 1.59 bits per heavy atom. The number of primary amides is 1. The van der Waals surface area contributed by atoms with Gasteiger partial charge >= 0.3 is 7.82 Å². The Balaban J connectivity index is 1.73. The summed E-state index contributed by atoms with van der Waals surface area (Å²) >= 11 is 0. The predicted octanol–water partition coefficient (Wildman–Crippen LogP) is 4.19. The van der Waals surface area contributed by atoms with E-state index in [4.69, 9.17) is 5.73 Å². The molecule has 1 saturated heterocycles. The van der Waals surface area contributed by atoms with E-state index >= 15 is 0 Å². The molecule has 6 N–H and O–H groups in total. The lowest BCUT2D eigenvalue weighted by atomic mass is 9.89. The monoisotopic (exact) mass is 844 g/mol. The molecule has 2 heterocycles. The van der Waals surface area contributed by atoms with Gasteiger partial charge < -0.3 is 35.6 Å². The van der Waals surface area contributed by atoms with Gasteiger partial charge in [0.2, 0.25) is 23.6 Å². The predicted molar refractivity (Wildman–Crippen MR) is 221 cm³/mol. The maximum Gasteiger partial charge on any atom is 0.469 e. The SMILES string of the molecule is CC(=O)N1CCC[C@H]1C(=O)N[C@@H](CC(C)C)C(=O)C[C@@H](Cc1cncn1CCCCCCCCc1ccccc1)C(=O)N[C@@H](C)C(=O)C[C@H](C(N)=O)[C@@H](C)OP(=O)(O)O. The number of nitrogens with zero attached hydrogens (tertiary/aromatic N) is 3. The Morgan fingerprint density at radius 3 is 2.22 bits per heavy atom. The highest BCUT2D eigenvalue weighted by Crippen LogP contribution is 2.39.